The molecule has 0 bridgehead atoms. The van der Waals surface area contributed by atoms with E-state index in [1.165, 1.54) is 0 Å². The Morgan fingerprint density at radius 1 is 1.07 bits per heavy atom. The van der Waals surface area contributed by atoms with Crippen LogP contribution in [0.5, 0.6) is 0 Å². The smallest absolute Gasteiger partial charge is 0.180 e. The Balaban J connectivity index is 2.44. The van der Waals surface area contributed by atoms with Crippen LogP contribution in [0.4, 0.5) is 0 Å². The van der Waals surface area contributed by atoms with Crippen molar-refractivity contribution in [2.24, 2.45) is 0 Å². The number of allylic oxidation sites excluding steroid dienone is 4. The molecule has 1 aromatic rings. The molecular formula is C12H13O2P. The van der Waals surface area contributed by atoms with Crippen molar-refractivity contribution in [1.29, 1.82) is 0 Å². The van der Waals surface area contributed by atoms with Crippen LogP contribution in [0.25, 0.3) is 0 Å². The quantitative estimate of drug-likeness (QED) is 0.752. The molecule has 1 aromatic carbocycles. The van der Waals surface area contributed by atoms with E-state index in [4.69, 9.17) is 0 Å². The van der Waals surface area contributed by atoms with Gasteiger partial charge in [-0.25, -0.2) is 0 Å². The summed E-state index contributed by atoms with van der Waals surface area (Å²) in [5, 5.41) is -0.620. The van der Waals surface area contributed by atoms with Crippen molar-refractivity contribution in [2.45, 2.75) is 11.6 Å². The van der Waals surface area contributed by atoms with Crippen molar-refractivity contribution >= 4 is 8.38 Å². The third-order valence-corrected chi connectivity index (χ3v) is 3.98. The maximum atomic E-state index is 9.62. The van der Waals surface area contributed by atoms with E-state index < -0.39 is 13.5 Å². The van der Waals surface area contributed by atoms with Crippen LogP contribution in [0.15, 0.2) is 54.6 Å². The number of benzene rings is 1. The van der Waals surface area contributed by atoms with Crippen LogP contribution in [0.1, 0.15) is 12.0 Å². The molecule has 3 heteroatoms. The van der Waals surface area contributed by atoms with Gasteiger partial charge in [0.1, 0.15) is 0 Å². The Bertz CT molecular complexity index is 384. The van der Waals surface area contributed by atoms with Crippen LogP contribution in [0.3, 0.4) is 0 Å². The zero-order valence-corrected chi connectivity index (χ0v) is 9.14. The summed E-state index contributed by atoms with van der Waals surface area (Å²) in [5.41, 5.74) is 0.960. The molecule has 15 heavy (non-hydrogen) atoms. The normalized spacial score (nSPS) is 24.7. The summed E-state index contributed by atoms with van der Waals surface area (Å²) in [4.78, 5) is 19.2. The molecule has 1 unspecified atom stereocenters. The van der Waals surface area contributed by atoms with Crippen molar-refractivity contribution in [2.75, 3.05) is 0 Å². The van der Waals surface area contributed by atoms with E-state index in [1.54, 1.807) is 0 Å². The van der Waals surface area contributed by atoms with Gasteiger partial charge in [-0.15, -0.1) is 0 Å². The molecule has 78 valence electrons. The molecule has 0 saturated heterocycles. The van der Waals surface area contributed by atoms with Crippen molar-refractivity contribution in [3.8, 4) is 0 Å². The highest BCUT2D eigenvalue weighted by Gasteiger charge is 2.37. The fourth-order valence-corrected chi connectivity index (χ4v) is 2.68. The molecule has 2 rings (SSSR count). The Hall–Kier alpha value is -0.950. The molecular weight excluding hydrogens is 207 g/mol. The minimum atomic E-state index is -2.02. The third kappa shape index (κ3) is 1.89. The molecule has 0 aliphatic heterocycles. The van der Waals surface area contributed by atoms with Crippen LogP contribution >= 0.6 is 8.38 Å². The fraction of sp³-hybridized carbons (Fsp3) is 0.167. The number of rotatable bonds is 2. The maximum absolute atomic E-state index is 9.62. The zero-order valence-electron chi connectivity index (χ0n) is 8.24. The summed E-state index contributed by atoms with van der Waals surface area (Å²) in [6, 6.07) is 9.64. The monoisotopic (exact) mass is 220 g/mol. The lowest BCUT2D eigenvalue weighted by Gasteiger charge is -2.32. The van der Waals surface area contributed by atoms with Crippen LogP contribution in [-0.4, -0.2) is 9.79 Å². The maximum Gasteiger partial charge on any atom is 0.180 e. The van der Waals surface area contributed by atoms with E-state index in [-0.39, 0.29) is 0 Å². The van der Waals surface area contributed by atoms with Gasteiger partial charge in [0.15, 0.2) is 8.38 Å². The Morgan fingerprint density at radius 3 is 2.33 bits per heavy atom. The number of hydrogen-bond acceptors (Lipinski definition) is 2. The minimum absolute atomic E-state index is 0.620. The highest BCUT2D eigenvalue weighted by Crippen LogP contribution is 2.54. The van der Waals surface area contributed by atoms with Gasteiger partial charge in [0.2, 0.25) is 0 Å². The van der Waals surface area contributed by atoms with Crippen molar-refractivity contribution in [1.82, 2.24) is 0 Å². The summed E-state index contributed by atoms with van der Waals surface area (Å²) in [6.45, 7) is 0. The van der Waals surface area contributed by atoms with Gasteiger partial charge in [0, 0.05) is 0 Å². The van der Waals surface area contributed by atoms with Gasteiger partial charge in [-0.1, -0.05) is 54.6 Å². The molecule has 0 spiro atoms. The standard InChI is InChI=1S/C12H13O2P/c13-15(14)12(9-5-2-6-10-12)11-7-3-1-4-8-11/h1-9,13-14H,10H2. The summed E-state index contributed by atoms with van der Waals surface area (Å²) < 4.78 is 0. The lowest BCUT2D eigenvalue weighted by Crippen LogP contribution is -2.21. The second-order valence-electron chi connectivity index (χ2n) is 3.57. The van der Waals surface area contributed by atoms with E-state index in [0.717, 1.165) is 5.56 Å². The third-order valence-electron chi connectivity index (χ3n) is 2.68. The first-order valence-electron chi connectivity index (χ1n) is 4.83. The van der Waals surface area contributed by atoms with E-state index in [0.29, 0.717) is 6.42 Å². The lowest BCUT2D eigenvalue weighted by atomic mass is 9.91. The average Bonchev–Trinajstić information content (AvgIpc) is 2.31. The van der Waals surface area contributed by atoms with Gasteiger partial charge in [0.25, 0.3) is 0 Å². The van der Waals surface area contributed by atoms with Gasteiger partial charge in [-0.3, -0.25) is 0 Å². The second-order valence-corrected chi connectivity index (χ2v) is 4.95. The van der Waals surface area contributed by atoms with Crippen molar-refractivity contribution < 1.29 is 9.79 Å². The molecule has 1 atom stereocenters. The Labute approximate surface area is 90.5 Å². The van der Waals surface area contributed by atoms with Gasteiger partial charge in [-0.05, 0) is 12.0 Å². The van der Waals surface area contributed by atoms with E-state index in [1.807, 2.05) is 54.6 Å². The van der Waals surface area contributed by atoms with Crippen molar-refractivity contribution in [3.05, 3.63) is 60.2 Å². The first kappa shape index (κ1) is 10.6. The minimum Gasteiger partial charge on any atom is -0.349 e. The van der Waals surface area contributed by atoms with Crippen LogP contribution in [-0.2, 0) is 5.16 Å². The molecule has 0 saturated carbocycles. The predicted molar refractivity (Wildman–Crippen MR) is 62.4 cm³/mol. The highest BCUT2D eigenvalue weighted by molar-refractivity contribution is 7.46. The first-order valence-corrected chi connectivity index (χ1v) is 6.08. The highest BCUT2D eigenvalue weighted by atomic mass is 31.2. The van der Waals surface area contributed by atoms with E-state index in [2.05, 4.69) is 0 Å². The summed E-state index contributed by atoms with van der Waals surface area (Å²) in [5.74, 6) is 0. The molecule has 1 aliphatic carbocycles. The molecule has 0 fully saturated rings. The van der Waals surface area contributed by atoms with E-state index >= 15 is 0 Å². The van der Waals surface area contributed by atoms with Gasteiger partial charge in [-0.2, -0.15) is 0 Å². The van der Waals surface area contributed by atoms with Crippen LogP contribution < -0.4 is 0 Å². The molecule has 0 radical (unpaired) electrons. The average molecular weight is 220 g/mol. The fourth-order valence-electron chi connectivity index (χ4n) is 1.81. The number of hydrogen-bond donors (Lipinski definition) is 2. The molecule has 0 aromatic heterocycles. The zero-order chi connectivity index (χ0) is 10.7. The van der Waals surface area contributed by atoms with E-state index in [9.17, 15) is 9.79 Å². The molecule has 0 heterocycles. The van der Waals surface area contributed by atoms with Crippen LogP contribution in [0.2, 0.25) is 0 Å². The summed E-state index contributed by atoms with van der Waals surface area (Å²) >= 11 is 0. The second kappa shape index (κ2) is 4.28. The van der Waals surface area contributed by atoms with Crippen molar-refractivity contribution in [3.63, 3.8) is 0 Å². The topological polar surface area (TPSA) is 40.5 Å². The van der Waals surface area contributed by atoms with Gasteiger partial charge < -0.3 is 9.79 Å². The summed E-state index contributed by atoms with van der Waals surface area (Å²) in [7, 11) is -2.02. The largest absolute Gasteiger partial charge is 0.349 e. The molecule has 1 aliphatic rings. The van der Waals surface area contributed by atoms with Gasteiger partial charge >= 0.3 is 0 Å². The van der Waals surface area contributed by atoms with Crippen LogP contribution in [0, 0.1) is 0 Å². The molecule has 2 N–H and O–H groups in total. The van der Waals surface area contributed by atoms with Gasteiger partial charge in [0.05, 0.1) is 5.16 Å². The summed E-state index contributed by atoms with van der Waals surface area (Å²) in [6.07, 6.45) is 8.30. The predicted octanol–water partition coefficient (Wildman–Crippen LogP) is 2.69. The Kier molecular flexibility index (Phi) is 3.01. The lowest BCUT2D eigenvalue weighted by molar-refractivity contribution is 0.443. The SMILES string of the molecule is OP(O)C1(c2ccccc2)C=CC=CC1. The molecule has 0 amide bonds. The first-order chi connectivity index (χ1) is 7.26. The Morgan fingerprint density at radius 2 is 1.80 bits per heavy atom. The molecule has 2 nitrogen and oxygen atoms in total.